The maximum atomic E-state index is 12.7. The molecule has 1 saturated heterocycles. The molecule has 1 N–H and O–H groups in total. The number of guanidine groups is 1. The van der Waals surface area contributed by atoms with Gasteiger partial charge in [0.05, 0.1) is 11.5 Å². The first-order valence-electron chi connectivity index (χ1n) is 9.31. The fraction of sp³-hybridized carbons (Fsp3) is 0.889. The van der Waals surface area contributed by atoms with Crippen LogP contribution in [0, 0.1) is 5.41 Å². The molecule has 1 aliphatic carbocycles. The first-order chi connectivity index (χ1) is 11.5. The molecule has 138 valence electrons. The molecule has 0 unspecified atom stereocenters. The number of amides is 1. The van der Waals surface area contributed by atoms with Gasteiger partial charge in [-0.25, -0.2) is 0 Å². The second-order valence-electron chi connectivity index (χ2n) is 7.23. The van der Waals surface area contributed by atoms with Crippen LogP contribution in [0.5, 0.6) is 0 Å². The van der Waals surface area contributed by atoms with Crippen molar-refractivity contribution in [1.82, 2.24) is 15.1 Å². The highest BCUT2D eigenvalue weighted by Gasteiger charge is 2.42. The van der Waals surface area contributed by atoms with Gasteiger partial charge in [0.25, 0.3) is 0 Å². The molecule has 0 aromatic carbocycles. The molecule has 0 spiro atoms. The number of aliphatic imine (C=N–C) groups is 1. The Labute approximate surface area is 146 Å². The van der Waals surface area contributed by atoms with Crippen LogP contribution in [0.2, 0.25) is 0 Å². The molecule has 1 amide bonds. The Hall–Kier alpha value is -1.30. The monoisotopic (exact) mass is 338 g/mol. The average molecular weight is 338 g/mol. The van der Waals surface area contributed by atoms with Gasteiger partial charge in [0.2, 0.25) is 5.91 Å². The van der Waals surface area contributed by atoms with E-state index in [0.29, 0.717) is 12.6 Å². The lowest BCUT2D eigenvalue weighted by molar-refractivity contribution is -0.138. The van der Waals surface area contributed by atoms with E-state index in [9.17, 15) is 4.79 Å². The van der Waals surface area contributed by atoms with Gasteiger partial charge in [0.1, 0.15) is 0 Å². The van der Waals surface area contributed by atoms with Crippen LogP contribution in [0.25, 0.3) is 0 Å². The van der Waals surface area contributed by atoms with Gasteiger partial charge < -0.3 is 19.9 Å². The molecule has 24 heavy (non-hydrogen) atoms. The van der Waals surface area contributed by atoms with Crippen molar-refractivity contribution in [3.8, 4) is 0 Å². The van der Waals surface area contributed by atoms with E-state index < -0.39 is 0 Å². The lowest BCUT2D eigenvalue weighted by Crippen LogP contribution is -2.52. The summed E-state index contributed by atoms with van der Waals surface area (Å²) in [4.78, 5) is 21.1. The number of piperidine rings is 1. The van der Waals surface area contributed by atoms with E-state index in [1.165, 1.54) is 0 Å². The summed E-state index contributed by atoms with van der Waals surface area (Å²) in [6.45, 7) is 5.43. The third-order valence-corrected chi connectivity index (χ3v) is 5.36. The van der Waals surface area contributed by atoms with E-state index in [0.717, 1.165) is 64.2 Å². The van der Waals surface area contributed by atoms with E-state index in [1.54, 1.807) is 4.90 Å². The predicted octanol–water partition coefficient (Wildman–Crippen LogP) is 1.71. The van der Waals surface area contributed by atoms with Crippen molar-refractivity contribution in [2.75, 3.05) is 47.4 Å². The zero-order chi connectivity index (χ0) is 17.6. The summed E-state index contributed by atoms with van der Waals surface area (Å²) in [5.41, 5.74) is -0.261. The van der Waals surface area contributed by atoms with Crippen LogP contribution in [-0.2, 0) is 9.53 Å². The molecule has 0 aromatic heterocycles. The summed E-state index contributed by atoms with van der Waals surface area (Å²) in [6.07, 6.45) is 6.67. The number of ether oxygens (including phenoxy) is 1. The molecular formula is C18H34N4O2. The number of likely N-dealkylation sites (tertiary alicyclic amines) is 1. The quantitative estimate of drug-likeness (QED) is 0.612. The number of carbonyl (C=O) groups is 1. The number of carbonyl (C=O) groups excluding carboxylic acids is 1. The minimum Gasteiger partial charge on any atom is -0.378 e. The molecular weight excluding hydrogens is 304 g/mol. The van der Waals surface area contributed by atoms with Gasteiger partial charge in [0.15, 0.2) is 5.96 Å². The van der Waals surface area contributed by atoms with Crippen LogP contribution >= 0.6 is 0 Å². The summed E-state index contributed by atoms with van der Waals surface area (Å²) in [5, 5.41) is 3.49. The fourth-order valence-corrected chi connectivity index (χ4v) is 4.04. The van der Waals surface area contributed by atoms with Crippen LogP contribution < -0.4 is 5.32 Å². The molecule has 0 bridgehead atoms. The summed E-state index contributed by atoms with van der Waals surface area (Å²) in [6, 6.07) is 0. The zero-order valence-corrected chi connectivity index (χ0v) is 15.8. The second-order valence-corrected chi connectivity index (χ2v) is 7.23. The Bertz CT molecular complexity index is 436. The second kappa shape index (κ2) is 8.70. The van der Waals surface area contributed by atoms with Crippen LogP contribution in [0.1, 0.15) is 45.4 Å². The lowest BCUT2D eigenvalue weighted by Gasteiger charge is -2.36. The predicted molar refractivity (Wildman–Crippen MR) is 97.2 cm³/mol. The standard InChI is InChI=1S/C18H34N4O2/c1-5-24-15-8-12-22(13-9-15)17(19-2)20-14-18(10-6-7-11-18)16(23)21(3)4/h15H,5-14H2,1-4H3,(H,19,20). The highest BCUT2D eigenvalue weighted by atomic mass is 16.5. The lowest BCUT2D eigenvalue weighted by atomic mass is 9.84. The number of hydrogen-bond acceptors (Lipinski definition) is 3. The topological polar surface area (TPSA) is 57.2 Å². The molecule has 2 aliphatic rings. The summed E-state index contributed by atoms with van der Waals surface area (Å²) >= 11 is 0. The highest BCUT2D eigenvalue weighted by molar-refractivity contribution is 5.85. The molecule has 0 aromatic rings. The van der Waals surface area contributed by atoms with Crippen molar-refractivity contribution in [3.05, 3.63) is 0 Å². The molecule has 1 heterocycles. The Kier molecular flexibility index (Phi) is 6.90. The summed E-state index contributed by atoms with van der Waals surface area (Å²) in [7, 11) is 5.54. The molecule has 2 rings (SSSR count). The normalized spacial score (nSPS) is 21.8. The Morgan fingerprint density at radius 1 is 1.29 bits per heavy atom. The first kappa shape index (κ1) is 19.0. The largest absolute Gasteiger partial charge is 0.378 e. The Balaban J connectivity index is 1.92. The van der Waals surface area contributed by atoms with Crippen LogP contribution in [0.3, 0.4) is 0 Å². The number of nitrogens with one attached hydrogen (secondary N) is 1. The van der Waals surface area contributed by atoms with Gasteiger partial charge in [-0.3, -0.25) is 9.79 Å². The van der Waals surface area contributed by atoms with Gasteiger partial charge in [-0.1, -0.05) is 12.8 Å². The molecule has 6 heteroatoms. The maximum absolute atomic E-state index is 12.7. The molecule has 1 aliphatic heterocycles. The minimum absolute atomic E-state index is 0.248. The van der Waals surface area contributed by atoms with E-state index in [2.05, 4.69) is 22.1 Å². The number of rotatable bonds is 5. The Morgan fingerprint density at radius 2 is 1.92 bits per heavy atom. The molecule has 1 saturated carbocycles. The van der Waals surface area contributed by atoms with E-state index in [-0.39, 0.29) is 11.3 Å². The molecule has 0 radical (unpaired) electrons. The van der Waals surface area contributed by atoms with E-state index >= 15 is 0 Å². The summed E-state index contributed by atoms with van der Waals surface area (Å²) < 4.78 is 5.72. The van der Waals surface area contributed by atoms with Gasteiger partial charge in [0, 0.05) is 47.4 Å². The highest BCUT2D eigenvalue weighted by Crippen LogP contribution is 2.39. The molecule has 6 nitrogen and oxygen atoms in total. The third kappa shape index (κ3) is 4.41. The van der Waals surface area contributed by atoms with Crippen molar-refractivity contribution in [1.29, 1.82) is 0 Å². The fourth-order valence-electron chi connectivity index (χ4n) is 4.04. The van der Waals surface area contributed by atoms with Crippen molar-refractivity contribution in [2.24, 2.45) is 10.4 Å². The van der Waals surface area contributed by atoms with Gasteiger partial charge in [-0.2, -0.15) is 0 Å². The zero-order valence-electron chi connectivity index (χ0n) is 15.8. The smallest absolute Gasteiger partial charge is 0.230 e. The average Bonchev–Trinajstić information content (AvgIpc) is 3.06. The van der Waals surface area contributed by atoms with Crippen molar-refractivity contribution < 1.29 is 9.53 Å². The van der Waals surface area contributed by atoms with Crippen LogP contribution in [-0.4, -0.2) is 75.2 Å². The molecule has 2 fully saturated rings. The van der Waals surface area contributed by atoms with Gasteiger partial charge in [-0.15, -0.1) is 0 Å². The van der Waals surface area contributed by atoms with Crippen LogP contribution in [0.15, 0.2) is 4.99 Å². The number of hydrogen-bond donors (Lipinski definition) is 1. The van der Waals surface area contributed by atoms with Crippen LogP contribution in [0.4, 0.5) is 0 Å². The summed E-state index contributed by atoms with van der Waals surface area (Å²) in [5.74, 6) is 1.17. The number of nitrogens with zero attached hydrogens (tertiary/aromatic N) is 3. The van der Waals surface area contributed by atoms with Gasteiger partial charge >= 0.3 is 0 Å². The first-order valence-corrected chi connectivity index (χ1v) is 9.31. The molecule has 0 atom stereocenters. The van der Waals surface area contributed by atoms with Crippen molar-refractivity contribution in [3.63, 3.8) is 0 Å². The van der Waals surface area contributed by atoms with Gasteiger partial charge in [-0.05, 0) is 32.6 Å². The minimum atomic E-state index is -0.261. The van der Waals surface area contributed by atoms with Crippen molar-refractivity contribution in [2.45, 2.75) is 51.6 Å². The van der Waals surface area contributed by atoms with Crippen molar-refractivity contribution >= 4 is 11.9 Å². The third-order valence-electron chi connectivity index (χ3n) is 5.36. The van der Waals surface area contributed by atoms with E-state index in [1.807, 2.05) is 21.1 Å². The SMILES string of the molecule is CCOC1CCN(C(=NC)NCC2(C(=O)N(C)C)CCCC2)CC1. The maximum Gasteiger partial charge on any atom is 0.230 e. The van der Waals surface area contributed by atoms with E-state index in [4.69, 9.17) is 4.74 Å². The Morgan fingerprint density at radius 3 is 2.42 bits per heavy atom.